The highest BCUT2D eigenvalue weighted by Crippen LogP contribution is 2.40. The number of hydrogen-bond acceptors (Lipinski definition) is 10. The minimum Gasteiger partial charge on any atom is -0.497 e. The summed E-state index contributed by atoms with van der Waals surface area (Å²) in [6.07, 6.45) is 4.23. The van der Waals surface area contributed by atoms with Gasteiger partial charge in [0, 0.05) is 18.5 Å². The summed E-state index contributed by atoms with van der Waals surface area (Å²) in [5.74, 6) is 0.271. The van der Waals surface area contributed by atoms with Gasteiger partial charge in [-0.15, -0.1) is 0 Å². The van der Waals surface area contributed by atoms with Crippen LogP contribution in [0.3, 0.4) is 0 Å². The molecule has 14 heteroatoms. The number of ether oxygens (including phenoxy) is 4. The summed E-state index contributed by atoms with van der Waals surface area (Å²) in [6.45, 7) is 1.60. The predicted octanol–water partition coefficient (Wildman–Crippen LogP) is 3.70. The third-order valence-corrected chi connectivity index (χ3v) is 5.89. The van der Waals surface area contributed by atoms with Crippen LogP contribution in [0.25, 0.3) is 0 Å². The van der Waals surface area contributed by atoms with E-state index in [0.29, 0.717) is 10.2 Å². The molecule has 176 valence electrons. The van der Waals surface area contributed by atoms with E-state index in [4.69, 9.17) is 30.5 Å². The second-order valence-corrected chi connectivity index (χ2v) is 9.48. The van der Waals surface area contributed by atoms with Crippen LogP contribution in [0.2, 0.25) is 5.02 Å². The van der Waals surface area contributed by atoms with E-state index in [1.165, 1.54) is 20.1 Å². The van der Waals surface area contributed by atoms with Gasteiger partial charge >= 0.3 is 6.01 Å². The second kappa shape index (κ2) is 11.3. The van der Waals surface area contributed by atoms with E-state index in [1.807, 2.05) is 0 Å². The van der Waals surface area contributed by atoms with Crippen molar-refractivity contribution in [3.63, 3.8) is 0 Å². The smallest absolute Gasteiger partial charge is 0.316 e. The quantitative estimate of drug-likeness (QED) is 0.346. The van der Waals surface area contributed by atoms with Crippen molar-refractivity contribution in [3.8, 4) is 29.1 Å². The summed E-state index contributed by atoms with van der Waals surface area (Å²) in [7, 11) is -2.18. The molecule has 0 aliphatic rings. The van der Waals surface area contributed by atoms with Crippen molar-refractivity contribution in [2.75, 3.05) is 30.8 Å². The van der Waals surface area contributed by atoms with Crippen LogP contribution in [-0.2, 0) is 10.0 Å². The van der Waals surface area contributed by atoms with Crippen LogP contribution >= 0.6 is 27.5 Å². The van der Waals surface area contributed by atoms with Gasteiger partial charge in [0.05, 0.1) is 22.4 Å². The molecule has 0 saturated carbocycles. The third-order valence-electron chi connectivity index (χ3n) is 3.90. The van der Waals surface area contributed by atoms with Crippen molar-refractivity contribution >= 4 is 43.4 Å². The molecule has 33 heavy (non-hydrogen) atoms. The van der Waals surface area contributed by atoms with E-state index in [9.17, 15) is 8.42 Å². The van der Waals surface area contributed by atoms with Gasteiger partial charge in [0.15, 0.2) is 5.82 Å². The Balaban J connectivity index is 1.83. The van der Waals surface area contributed by atoms with Crippen LogP contribution in [0.15, 0.2) is 41.4 Å². The number of benzene rings is 1. The molecule has 0 atom stereocenters. The fraction of sp³-hybridized carbons (Fsp3) is 0.263. The third kappa shape index (κ3) is 7.04. The fourth-order valence-corrected chi connectivity index (χ4v) is 3.23. The number of aromatic nitrogens is 4. The Morgan fingerprint density at radius 1 is 1.09 bits per heavy atom. The number of nitrogens with zero attached hydrogens (tertiary/aromatic N) is 4. The standard InChI is InChI=1S/C19H19BrClN5O6S/c1-3-33(27,28)26-17-16(32-15-8-13(29-2)4-5-14(15)21)18(25-11-24-17)30-6-7-31-19-22-9-12(20)10-23-19/h4-5,8-11H,3,6-7H2,1-2H3,(H,24,25,26). The zero-order valence-corrected chi connectivity index (χ0v) is 20.6. The van der Waals surface area contributed by atoms with Gasteiger partial charge in [-0.1, -0.05) is 11.6 Å². The number of sulfonamides is 1. The zero-order chi connectivity index (χ0) is 23.8. The summed E-state index contributed by atoms with van der Waals surface area (Å²) in [5, 5.41) is 0.255. The van der Waals surface area contributed by atoms with E-state index < -0.39 is 10.0 Å². The molecule has 0 fully saturated rings. The molecule has 0 aliphatic heterocycles. The SMILES string of the molecule is CCS(=O)(=O)Nc1ncnc(OCCOc2ncc(Br)cn2)c1Oc1cc(OC)ccc1Cl. The Hall–Kier alpha value is -2.90. The molecule has 0 saturated heterocycles. The van der Waals surface area contributed by atoms with Crippen molar-refractivity contribution in [2.45, 2.75) is 6.92 Å². The van der Waals surface area contributed by atoms with Gasteiger partial charge in [0.1, 0.15) is 31.0 Å². The first-order chi connectivity index (χ1) is 15.8. The normalized spacial score (nSPS) is 11.0. The summed E-state index contributed by atoms with van der Waals surface area (Å²) < 4.78 is 49.5. The predicted molar refractivity (Wildman–Crippen MR) is 124 cm³/mol. The zero-order valence-electron chi connectivity index (χ0n) is 17.5. The molecule has 0 bridgehead atoms. The molecule has 1 aromatic carbocycles. The molecular formula is C19H19BrClN5O6S. The number of hydrogen-bond donors (Lipinski definition) is 1. The average Bonchev–Trinajstić information content (AvgIpc) is 2.80. The Morgan fingerprint density at radius 2 is 1.82 bits per heavy atom. The van der Waals surface area contributed by atoms with Gasteiger partial charge in [0.25, 0.3) is 5.88 Å². The summed E-state index contributed by atoms with van der Waals surface area (Å²) in [6, 6.07) is 4.92. The Labute approximate surface area is 203 Å². The number of rotatable bonds is 11. The molecular weight excluding hydrogens is 542 g/mol. The molecule has 2 heterocycles. The number of halogens is 2. The number of methoxy groups -OCH3 is 1. The van der Waals surface area contributed by atoms with Crippen molar-refractivity contribution in [1.82, 2.24) is 19.9 Å². The molecule has 0 radical (unpaired) electrons. The summed E-state index contributed by atoms with van der Waals surface area (Å²) in [4.78, 5) is 16.0. The molecule has 1 N–H and O–H groups in total. The average molecular weight is 561 g/mol. The van der Waals surface area contributed by atoms with E-state index >= 15 is 0 Å². The maximum Gasteiger partial charge on any atom is 0.316 e. The molecule has 11 nitrogen and oxygen atoms in total. The maximum absolute atomic E-state index is 12.1. The second-order valence-electron chi connectivity index (χ2n) is 6.14. The van der Waals surface area contributed by atoms with Gasteiger partial charge in [-0.3, -0.25) is 4.72 Å². The molecule has 3 rings (SSSR count). The Morgan fingerprint density at radius 3 is 2.52 bits per heavy atom. The van der Waals surface area contributed by atoms with E-state index in [-0.39, 0.29) is 53.2 Å². The monoisotopic (exact) mass is 559 g/mol. The van der Waals surface area contributed by atoms with Crippen LogP contribution in [0, 0.1) is 0 Å². The highest BCUT2D eigenvalue weighted by Gasteiger charge is 2.21. The fourth-order valence-electron chi connectivity index (χ4n) is 2.29. The molecule has 0 spiro atoms. The lowest BCUT2D eigenvalue weighted by molar-refractivity contribution is 0.197. The van der Waals surface area contributed by atoms with E-state index in [2.05, 4.69) is 40.6 Å². The molecule has 0 aliphatic carbocycles. The van der Waals surface area contributed by atoms with Gasteiger partial charge in [-0.05, 0) is 35.0 Å². The molecule has 0 unspecified atom stereocenters. The van der Waals surface area contributed by atoms with E-state index in [0.717, 1.165) is 6.33 Å². The summed E-state index contributed by atoms with van der Waals surface area (Å²) >= 11 is 9.48. The van der Waals surface area contributed by atoms with Gasteiger partial charge < -0.3 is 18.9 Å². The first-order valence-corrected chi connectivity index (χ1v) is 12.2. The van der Waals surface area contributed by atoms with Crippen molar-refractivity contribution in [2.24, 2.45) is 0 Å². The van der Waals surface area contributed by atoms with E-state index in [1.54, 1.807) is 24.5 Å². The molecule has 3 aromatic rings. The lowest BCUT2D eigenvalue weighted by atomic mass is 10.3. The largest absolute Gasteiger partial charge is 0.497 e. The maximum atomic E-state index is 12.1. The summed E-state index contributed by atoms with van der Waals surface area (Å²) in [5.41, 5.74) is 0. The first-order valence-electron chi connectivity index (χ1n) is 9.41. The topological polar surface area (TPSA) is 135 Å². The van der Waals surface area contributed by atoms with Gasteiger partial charge in [-0.2, -0.15) is 4.98 Å². The minimum absolute atomic E-state index is 0.0264. The highest BCUT2D eigenvalue weighted by molar-refractivity contribution is 9.10. The van der Waals surface area contributed by atoms with Gasteiger partial charge in [-0.25, -0.2) is 23.4 Å². The molecule has 2 aromatic heterocycles. The lowest BCUT2D eigenvalue weighted by Gasteiger charge is -2.16. The van der Waals surface area contributed by atoms with Crippen LogP contribution in [0.4, 0.5) is 5.82 Å². The number of nitrogens with one attached hydrogen (secondary N) is 1. The number of anilines is 1. The highest BCUT2D eigenvalue weighted by atomic mass is 79.9. The van der Waals surface area contributed by atoms with Crippen LogP contribution < -0.4 is 23.7 Å². The minimum atomic E-state index is -3.67. The van der Waals surface area contributed by atoms with Crippen LogP contribution in [0.5, 0.6) is 29.1 Å². The van der Waals surface area contributed by atoms with Crippen molar-refractivity contribution in [1.29, 1.82) is 0 Å². The Kier molecular flexibility index (Phi) is 8.47. The molecule has 0 amide bonds. The van der Waals surface area contributed by atoms with Crippen molar-refractivity contribution < 1.29 is 27.4 Å². The first kappa shape index (κ1) is 24.7. The Bertz CT molecular complexity index is 1200. The van der Waals surface area contributed by atoms with Crippen LogP contribution in [-0.4, -0.2) is 54.4 Å². The van der Waals surface area contributed by atoms with Gasteiger partial charge in [0.2, 0.25) is 15.8 Å². The lowest BCUT2D eigenvalue weighted by Crippen LogP contribution is -2.17. The van der Waals surface area contributed by atoms with Crippen molar-refractivity contribution in [3.05, 3.63) is 46.4 Å². The van der Waals surface area contributed by atoms with Crippen LogP contribution in [0.1, 0.15) is 6.92 Å².